The minimum atomic E-state index is -0.477. The van der Waals surface area contributed by atoms with E-state index in [-0.39, 0.29) is 31.1 Å². The number of alkyl carbamates (subject to hydrolysis) is 1. The first kappa shape index (κ1) is 19.0. The number of nitrogens with one attached hydrogen (secondary N) is 1. The number of hydrogen-bond acceptors (Lipinski definition) is 4. The standard InChI is InChI=1S/C22H25NO4/c24-21(27-20-12-13-20)14-11-19(15-17-7-3-1-4-8-17)23-22(25)26-16-18-9-5-2-6-10-18/h1-10,19-20H,11-16H2,(H,23,25)/t19-/m0/s1. The fraction of sp³-hybridized carbons (Fsp3) is 0.364. The van der Waals surface area contributed by atoms with Gasteiger partial charge in [-0.2, -0.15) is 0 Å². The Labute approximate surface area is 159 Å². The lowest BCUT2D eigenvalue weighted by Gasteiger charge is -2.18. The molecule has 1 atom stereocenters. The number of hydrogen-bond donors (Lipinski definition) is 1. The Bertz CT molecular complexity index is 728. The predicted molar refractivity (Wildman–Crippen MR) is 102 cm³/mol. The highest BCUT2D eigenvalue weighted by Crippen LogP contribution is 2.24. The molecule has 0 aromatic heterocycles. The van der Waals surface area contributed by atoms with Gasteiger partial charge in [0.05, 0.1) is 0 Å². The van der Waals surface area contributed by atoms with E-state index >= 15 is 0 Å². The number of rotatable bonds is 9. The number of amides is 1. The second-order valence-corrected chi connectivity index (χ2v) is 6.82. The summed E-state index contributed by atoms with van der Waals surface area (Å²) in [6.45, 7) is 0.217. The molecule has 0 aliphatic heterocycles. The third-order valence-electron chi connectivity index (χ3n) is 4.38. The highest BCUT2D eigenvalue weighted by Gasteiger charge is 2.26. The second kappa shape index (κ2) is 9.76. The lowest BCUT2D eigenvalue weighted by atomic mass is 10.0. The van der Waals surface area contributed by atoms with E-state index in [1.54, 1.807) is 0 Å². The SMILES string of the molecule is O=C(CC[C@@H](Cc1ccccc1)NC(=O)OCc1ccccc1)OC1CC1. The Kier molecular flexibility index (Phi) is 6.85. The molecule has 0 bridgehead atoms. The van der Waals surface area contributed by atoms with Crippen LogP contribution in [0.15, 0.2) is 60.7 Å². The van der Waals surface area contributed by atoms with E-state index in [1.807, 2.05) is 60.7 Å². The first-order chi connectivity index (χ1) is 13.2. The molecule has 3 rings (SSSR count). The van der Waals surface area contributed by atoms with Crippen LogP contribution in [-0.4, -0.2) is 24.2 Å². The summed E-state index contributed by atoms with van der Waals surface area (Å²) in [5.41, 5.74) is 2.03. The normalized spacial score (nSPS) is 14.2. The van der Waals surface area contributed by atoms with Gasteiger partial charge in [0.1, 0.15) is 12.7 Å². The summed E-state index contributed by atoms with van der Waals surface area (Å²) >= 11 is 0. The van der Waals surface area contributed by atoms with Crippen molar-refractivity contribution in [3.05, 3.63) is 71.8 Å². The van der Waals surface area contributed by atoms with Crippen LogP contribution in [0.3, 0.4) is 0 Å². The Morgan fingerprint density at radius 1 is 0.963 bits per heavy atom. The zero-order valence-electron chi connectivity index (χ0n) is 15.3. The highest BCUT2D eigenvalue weighted by atomic mass is 16.6. The van der Waals surface area contributed by atoms with Gasteiger partial charge in [0, 0.05) is 12.5 Å². The van der Waals surface area contributed by atoms with Gasteiger partial charge in [-0.15, -0.1) is 0 Å². The molecule has 1 fully saturated rings. The van der Waals surface area contributed by atoms with Gasteiger partial charge in [-0.1, -0.05) is 60.7 Å². The molecule has 0 saturated heterocycles. The smallest absolute Gasteiger partial charge is 0.407 e. The molecule has 1 aliphatic carbocycles. The molecule has 2 aromatic carbocycles. The molecule has 0 unspecified atom stereocenters. The minimum Gasteiger partial charge on any atom is -0.462 e. The number of benzene rings is 2. The molecule has 1 N–H and O–H groups in total. The van der Waals surface area contributed by atoms with Crippen LogP contribution < -0.4 is 5.32 Å². The lowest BCUT2D eigenvalue weighted by Crippen LogP contribution is -2.37. The molecule has 0 radical (unpaired) electrons. The van der Waals surface area contributed by atoms with Crippen LogP contribution in [0.1, 0.15) is 36.8 Å². The zero-order chi connectivity index (χ0) is 18.9. The van der Waals surface area contributed by atoms with Crippen LogP contribution in [0, 0.1) is 0 Å². The zero-order valence-corrected chi connectivity index (χ0v) is 15.3. The van der Waals surface area contributed by atoms with Crippen LogP contribution in [0.5, 0.6) is 0 Å². The lowest BCUT2D eigenvalue weighted by molar-refractivity contribution is -0.145. The van der Waals surface area contributed by atoms with Gasteiger partial charge < -0.3 is 14.8 Å². The largest absolute Gasteiger partial charge is 0.462 e. The van der Waals surface area contributed by atoms with Gasteiger partial charge in [-0.3, -0.25) is 4.79 Å². The van der Waals surface area contributed by atoms with Crippen molar-refractivity contribution >= 4 is 12.1 Å². The third-order valence-corrected chi connectivity index (χ3v) is 4.38. The number of ether oxygens (including phenoxy) is 2. The van der Waals surface area contributed by atoms with Crippen molar-refractivity contribution in [1.29, 1.82) is 0 Å². The first-order valence-corrected chi connectivity index (χ1v) is 9.39. The quantitative estimate of drug-likeness (QED) is 0.680. The molecule has 1 amide bonds. The summed E-state index contributed by atoms with van der Waals surface area (Å²) < 4.78 is 10.6. The first-order valence-electron chi connectivity index (χ1n) is 9.39. The van der Waals surface area contributed by atoms with E-state index in [0.717, 1.165) is 24.0 Å². The van der Waals surface area contributed by atoms with Gasteiger partial charge in [0.15, 0.2) is 0 Å². The van der Waals surface area contributed by atoms with Gasteiger partial charge in [0.25, 0.3) is 0 Å². The second-order valence-electron chi connectivity index (χ2n) is 6.82. The van der Waals surface area contributed by atoms with Gasteiger partial charge in [0.2, 0.25) is 0 Å². The molecule has 142 valence electrons. The Morgan fingerprint density at radius 3 is 2.22 bits per heavy atom. The van der Waals surface area contributed by atoms with E-state index in [9.17, 15) is 9.59 Å². The number of carbonyl (C=O) groups excluding carboxylic acids is 2. The van der Waals surface area contributed by atoms with E-state index in [2.05, 4.69) is 5.32 Å². The third kappa shape index (κ3) is 7.13. The fourth-order valence-corrected chi connectivity index (χ4v) is 2.78. The van der Waals surface area contributed by atoms with Gasteiger partial charge in [-0.05, 0) is 36.8 Å². The Morgan fingerprint density at radius 2 is 1.59 bits per heavy atom. The maximum Gasteiger partial charge on any atom is 0.407 e. The van der Waals surface area contributed by atoms with Crippen molar-refractivity contribution in [3.8, 4) is 0 Å². The van der Waals surface area contributed by atoms with Gasteiger partial charge in [-0.25, -0.2) is 4.79 Å². The van der Waals surface area contributed by atoms with E-state index in [1.165, 1.54) is 0 Å². The molecule has 27 heavy (non-hydrogen) atoms. The molecule has 1 aliphatic rings. The van der Waals surface area contributed by atoms with Crippen LogP contribution in [0.4, 0.5) is 4.79 Å². The average molecular weight is 367 g/mol. The van der Waals surface area contributed by atoms with Crippen molar-refractivity contribution in [3.63, 3.8) is 0 Å². The van der Waals surface area contributed by atoms with Crippen LogP contribution in [0.2, 0.25) is 0 Å². The summed E-state index contributed by atoms with van der Waals surface area (Å²) in [6, 6.07) is 19.2. The highest BCUT2D eigenvalue weighted by molar-refractivity contribution is 5.70. The Balaban J connectivity index is 1.51. The van der Waals surface area contributed by atoms with Crippen molar-refractivity contribution < 1.29 is 19.1 Å². The molecular formula is C22H25NO4. The molecule has 5 heteroatoms. The summed E-state index contributed by atoms with van der Waals surface area (Å²) in [5.74, 6) is -0.199. The number of esters is 1. The van der Waals surface area contributed by atoms with Crippen LogP contribution >= 0.6 is 0 Å². The van der Waals surface area contributed by atoms with Crippen molar-refractivity contribution in [2.75, 3.05) is 0 Å². The van der Waals surface area contributed by atoms with Gasteiger partial charge >= 0.3 is 12.1 Å². The molecule has 2 aromatic rings. The Hall–Kier alpha value is -2.82. The molecular weight excluding hydrogens is 342 g/mol. The van der Waals surface area contributed by atoms with Crippen molar-refractivity contribution in [2.45, 2.75) is 50.9 Å². The average Bonchev–Trinajstić information content (AvgIpc) is 3.50. The summed E-state index contributed by atoms with van der Waals surface area (Å²) in [4.78, 5) is 24.1. The van der Waals surface area contributed by atoms with E-state index in [0.29, 0.717) is 12.8 Å². The van der Waals surface area contributed by atoms with Crippen molar-refractivity contribution in [1.82, 2.24) is 5.32 Å². The van der Waals surface area contributed by atoms with E-state index in [4.69, 9.17) is 9.47 Å². The predicted octanol–water partition coefficient (Wildman–Crippen LogP) is 4.01. The maximum atomic E-state index is 12.2. The van der Waals surface area contributed by atoms with Crippen LogP contribution in [-0.2, 0) is 27.3 Å². The molecule has 0 spiro atoms. The summed E-state index contributed by atoms with van der Waals surface area (Å²) in [6.07, 6.45) is 2.99. The molecule has 1 saturated carbocycles. The van der Waals surface area contributed by atoms with E-state index < -0.39 is 6.09 Å². The fourth-order valence-electron chi connectivity index (χ4n) is 2.78. The maximum absolute atomic E-state index is 12.2. The molecule has 5 nitrogen and oxygen atoms in total. The summed E-state index contributed by atoms with van der Waals surface area (Å²) in [5, 5.41) is 2.89. The number of carbonyl (C=O) groups is 2. The minimum absolute atomic E-state index is 0.105. The topological polar surface area (TPSA) is 64.6 Å². The summed E-state index contributed by atoms with van der Waals surface area (Å²) in [7, 11) is 0. The van der Waals surface area contributed by atoms with Crippen molar-refractivity contribution in [2.24, 2.45) is 0 Å². The monoisotopic (exact) mass is 367 g/mol. The molecule has 0 heterocycles. The van der Waals surface area contributed by atoms with Crippen LogP contribution in [0.25, 0.3) is 0 Å².